The maximum atomic E-state index is 13.8. The number of nitrogens with zero attached hydrogens (tertiary/aromatic N) is 2. The highest BCUT2D eigenvalue weighted by Gasteiger charge is 2.15. The predicted octanol–water partition coefficient (Wildman–Crippen LogP) is 0.761. The molecule has 0 aliphatic carbocycles. The maximum Gasteiger partial charge on any atom is 0.257 e. The number of halogens is 2. The van der Waals surface area contributed by atoms with Gasteiger partial charge in [0.2, 0.25) is 5.91 Å². The van der Waals surface area contributed by atoms with E-state index in [4.69, 9.17) is 23.1 Å². The van der Waals surface area contributed by atoms with Crippen LogP contribution < -0.4 is 16.8 Å². The van der Waals surface area contributed by atoms with Crippen LogP contribution in [0.1, 0.15) is 17.0 Å². The molecule has 0 bridgehead atoms. The largest absolute Gasteiger partial charge is 0.404 e. The fourth-order valence-electron chi connectivity index (χ4n) is 2.00. The van der Waals surface area contributed by atoms with E-state index in [1.807, 2.05) is 0 Å². The molecule has 5 N–H and O–H groups in total. The third-order valence-electron chi connectivity index (χ3n) is 3.18. The summed E-state index contributed by atoms with van der Waals surface area (Å²) in [7, 11) is 0. The van der Waals surface area contributed by atoms with Crippen LogP contribution >= 0.6 is 11.6 Å². The lowest BCUT2D eigenvalue weighted by atomic mass is 10.1. The molecule has 1 heterocycles. The minimum Gasteiger partial charge on any atom is -0.404 e. The Labute approximate surface area is 147 Å². The van der Waals surface area contributed by atoms with Crippen molar-refractivity contribution in [3.05, 3.63) is 64.6 Å². The van der Waals surface area contributed by atoms with E-state index in [1.165, 1.54) is 30.6 Å². The number of hydrogen-bond acceptors (Lipinski definition) is 5. The first-order valence-corrected chi connectivity index (χ1v) is 7.52. The first-order chi connectivity index (χ1) is 11.9. The zero-order valence-electron chi connectivity index (χ0n) is 13.0. The molecule has 25 heavy (non-hydrogen) atoms. The van der Waals surface area contributed by atoms with Crippen molar-refractivity contribution < 1.29 is 14.0 Å². The smallest absolute Gasteiger partial charge is 0.257 e. The number of aromatic nitrogens is 2. The summed E-state index contributed by atoms with van der Waals surface area (Å²) in [6, 6.07) is 4.27. The van der Waals surface area contributed by atoms with E-state index in [1.54, 1.807) is 0 Å². The van der Waals surface area contributed by atoms with Crippen molar-refractivity contribution in [2.24, 2.45) is 11.5 Å². The summed E-state index contributed by atoms with van der Waals surface area (Å²) in [5.74, 6) is -1.64. The molecule has 2 rings (SSSR count). The number of nitrogens with one attached hydrogen (secondary N) is 1. The van der Waals surface area contributed by atoms with Gasteiger partial charge in [-0.3, -0.25) is 9.59 Å². The Morgan fingerprint density at radius 1 is 1.28 bits per heavy atom. The molecule has 0 fully saturated rings. The molecule has 0 radical (unpaired) electrons. The van der Waals surface area contributed by atoms with E-state index in [2.05, 4.69) is 15.3 Å². The van der Waals surface area contributed by atoms with Crippen LogP contribution in [0.3, 0.4) is 0 Å². The van der Waals surface area contributed by atoms with Crippen molar-refractivity contribution in [1.82, 2.24) is 15.3 Å². The Bertz CT molecular complexity index is 824. The molecular weight excluding hydrogens is 349 g/mol. The molecule has 1 aromatic carbocycles. The van der Waals surface area contributed by atoms with Crippen LogP contribution in [0, 0.1) is 5.82 Å². The van der Waals surface area contributed by atoms with Crippen LogP contribution in [-0.2, 0) is 16.0 Å². The highest BCUT2D eigenvalue weighted by Crippen LogP contribution is 2.18. The molecule has 0 saturated carbocycles. The Kier molecular flexibility index (Phi) is 6.02. The Hall–Kier alpha value is -3.00. The first kappa shape index (κ1) is 18.3. The minimum absolute atomic E-state index is 0.0123. The van der Waals surface area contributed by atoms with Gasteiger partial charge in [-0.05, 0) is 29.3 Å². The molecule has 0 spiro atoms. The van der Waals surface area contributed by atoms with E-state index >= 15 is 0 Å². The normalized spacial score (nSPS) is 11.2. The molecule has 7 nitrogen and oxygen atoms in total. The third kappa shape index (κ3) is 4.98. The second kappa shape index (κ2) is 8.20. The molecule has 1 aromatic heterocycles. The summed E-state index contributed by atoms with van der Waals surface area (Å²) >= 11 is 5.86. The van der Waals surface area contributed by atoms with Crippen molar-refractivity contribution >= 4 is 29.0 Å². The van der Waals surface area contributed by atoms with Gasteiger partial charge in [-0.15, -0.1) is 0 Å². The molecule has 2 amide bonds. The molecular formula is C16H15ClFN5O2. The summed E-state index contributed by atoms with van der Waals surface area (Å²) < 4.78 is 13.8. The van der Waals surface area contributed by atoms with E-state index in [0.29, 0.717) is 16.1 Å². The zero-order chi connectivity index (χ0) is 18.4. The van der Waals surface area contributed by atoms with Gasteiger partial charge in [-0.25, -0.2) is 14.4 Å². The Morgan fingerprint density at radius 2 is 1.96 bits per heavy atom. The Balaban J connectivity index is 2.14. The van der Waals surface area contributed by atoms with E-state index in [9.17, 15) is 14.0 Å². The molecule has 9 heteroatoms. The quantitative estimate of drug-likeness (QED) is 0.653. The summed E-state index contributed by atoms with van der Waals surface area (Å²) in [5.41, 5.74) is 11.4. The van der Waals surface area contributed by atoms with Crippen LogP contribution in [0.5, 0.6) is 0 Å². The van der Waals surface area contributed by atoms with Gasteiger partial charge >= 0.3 is 0 Å². The van der Waals surface area contributed by atoms with Gasteiger partial charge in [0, 0.05) is 30.0 Å². The van der Waals surface area contributed by atoms with Crippen molar-refractivity contribution in [3.8, 4) is 0 Å². The molecule has 0 saturated heterocycles. The molecule has 0 unspecified atom stereocenters. The molecule has 2 aromatic rings. The minimum atomic E-state index is -0.690. The number of hydrogen-bond donors (Lipinski definition) is 3. The SMILES string of the molecule is N/C=C(/C(=O)NCC(N)=O)c1ncc(Cc2cc(Cl)ccc2F)cn1. The van der Waals surface area contributed by atoms with Crippen LogP contribution in [-0.4, -0.2) is 28.3 Å². The Morgan fingerprint density at radius 3 is 2.56 bits per heavy atom. The summed E-state index contributed by atoms with van der Waals surface area (Å²) in [6.07, 6.45) is 4.17. The summed E-state index contributed by atoms with van der Waals surface area (Å²) in [4.78, 5) is 30.7. The number of primary amides is 1. The topological polar surface area (TPSA) is 124 Å². The number of carbonyl (C=O) groups excluding carboxylic acids is 2. The van der Waals surface area contributed by atoms with Crippen LogP contribution in [0.4, 0.5) is 4.39 Å². The van der Waals surface area contributed by atoms with Gasteiger partial charge in [-0.2, -0.15) is 0 Å². The average molecular weight is 364 g/mol. The highest BCUT2D eigenvalue weighted by molar-refractivity contribution is 6.30. The van der Waals surface area contributed by atoms with Crippen molar-refractivity contribution in [2.45, 2.75) is 6.42 Å². The van der Waals surface area contributed by atoms with Gasteiger partial charge in [0.1, 0.15) is 5.82 Å². The number of carbonyl (C=O) groups is 2. The van der Waals surface area contributed by atoms with Gasteiger partial charge in [0.25, 0.3) is 5.91 Å². The lowest BCUT2D eigenvalue weighted by molar-refractivity contribution is -0.121. The molecule has 130 valence electrons. The second-order valence-corrected chi connectivity index (χ2v) is 5.49. The van der Waals surface area contributed by atoms with Crippen molar-refractivity contribution in [1.29, 1.82) is 0 Å². The van der Waals surface area contributed by atoms with Gasteiger partial charge < -0.3 is 16.8 Å². The predicted molar refractivity (Wildman–Crippen MR) is 90.6 cm³/mol. The lowest BCUT2D eigenvalue weighted by Crippen LogP contribution is -2.34. The maximum absolute atomic E-state index is 13.8. The average Bonchev–Trinajstić information content (AvgIpc) is 2.58. The number of rotatable bonds is 6. The first-order valence-electron chi connectivity index (χ1n) is 7.14. The second-order valence-electron chi connectivity index (χ2n) is 5.06. The van der Waals surface area contributed by atoms with Crippen molar-refractivity contribution in [2.75, 3.05) is 6.54 Å². The van der Waals surface area contributed by atoms with Gasteiger partial charge in [0.05, 0.1) is 12.1 Å². The van der Waals surface area contributed by atoms with Crippen molar-refractivity contribution in [3.63, 3.8) is 0 Å². The highest BCUT2D eigenvalue weighted by atomic mass is 35.5. The van der Waals surface area contributed by atoms with Crippen LogP contribution in [0.25, 0.3) is 5.57 Å². The number of benzene rings is 1. The van der Waals surface area contributed by atoms with E-state index in [-0.39, 0.29) is 30.2 Å². The fourth-order valence-corrected chi connectivity index (χ4v) is 2.19. The molecule has 0 aliphatic heterocycles. The van der Waals surface area contributed by atoms with Crippen LogP contribution in [0.15, 0.2) is 36.8 Å². The third-order valence-corrected chi connectivity index (χ3v) is 3.42. The number of nitrogens with two attached hydrogens (primary N) is 2. The lowest BCUT2D eigenvalue weighted by Gasteiger charge is -2.07. The van der Waals surface area contributed by atoms with E-state index < -0.39 is 11.8 Å². The fraction of sp³-hybridized carbons (Fsp3) is 0.125. The summed E-state index contributed by atoms with van der Waals surface area (Å²) in [5, 5.41) is 2.72. The van der Waals surface area contributed by atoms with Crippen LogP contribution in [0.2, 0.25) is 5.02 Å². The van der Waals surface area contributed by atoms with Gasteiger partial charge in [0.15, 0.2) is 5.82 Å². The standard InChI is InChI=1S/C16H15ClFN5O2/c17-11-1-2-13(18)10(4-11)3-9-6-21-15(22-7-9)12(5-19)16(25)23-8-14(20)24/h1-2,4-7H,3,8,19H2,(H2,20,24)(H,23,25)/b12-5+. The summed E-state index contributed by atoms with van der Waals surface area (Å²) in [6.45, 7) is -0.331. The van der Waals surface area contributed by atoms with E-state index in [0.717, 1.165) is 6.20 Å². The van der Waals surface area contributed by atoms with Gasteiger partial charge in [-0.1, -0.05) is 11.6 Å². The number of amides is 2. The zero-order valence-corrected chi connectivity index (χ0v) is 13.8. The molecule has 0 atom stereocenters. The monoisotopic (exact) mass is 363 g/mol. The molecule has 0 aliphatic rings.